The fraction of sp³-hybridized carbons (Fsp3) is 0.250. The highest BCUT2D eigenvalue weighted by Gasteiger charge is 2.16. The van der Waals surface area contributed by atoms with Crippen molar-refractivity contribution in [3.63, 3.8) is 0 Å². The van der Waals surface area contributed by atoms with Gasteiger partial charge in [0.25, 0.3) is 5.91 Å². The zero-order chi connectivity index (χ0) is 12.4. The molecule has 2 aromatic rings. The van der Waals surface area contributed by atoms with Crippen molar-refractivity contribution in [3.05, 3.63) is 33.1 Å². The van der Waals surface area contributed by atoms with E-state index in [0.717, 1.165) is 16.5 Å². The average Bonchev–Trinajstić information content (AvgIpc) is 2.63. The molecule has 0 atom stereocenters. The molecule has 1 aromatic carbocycles. The molecule has 2 nitrogen and oxygen atoms in total. The first-order valence-electron chi connectivity index (χ1n) is 5.29. The minimum absolute atomic E-state index is 0.117. The molecule has 0 aliphatic rings. The van der Waals surface area contributed by atoms with Gasteiger partial charge >= 0.3 is 0 Å². The van der Waals surface area contributed by atoms with Gasteiger partial charge in [-0.2, -0.15) is 0 Å². The number of amides is 1. The molecule has 0 spiro atoms. The van der Waals surface area contributed by atoms with E-state index in [-0.39, 0.29) is 5.91 Å². The number of carbonyl (C=O) groups is 1. The molecule has 0 saturated carbocycles. The maximum absolute atomic E-state index is 11.9. The van der Waals surface area contributed by atoms with Gasteiger partial charge in [0, 0.05) is 21.7 Å². The monoisotopic (exact) mass is 287 g/mol. The SMILES string of the molecule is CCCNC(=O)c1sc2cc(Cl)ccc2c1Cl. The molecule has 1 N–H and O–H groups in total. The van der Waals surface area contributed by atoms with E-state index in [1.807, 2.05) is 19.1 Å². The van der Waals surface area contributed by atoms with Crippen molar-refractivity contribution in [3.8, 4) is 0 Å². The summed E-state index contributed by atoms with van der Waals surface area (Å²) in [5.74, 6) is -0.117. The second kappa shape index (κ2) is 5.25. The van der Waals surface area contributed by atoms with Gasteiger partial charge in [-0.25, -0.2) is 0 Å². The zero-order valence-corrected chi connectivity index (χ0v) is 11.5. The molecule has 5 heteroatoms. The second-order valence-corrected chi connectivity index (χ2v) is 5.51. The Balaban J connectivity index is 2.41. The number of thiophene rings is 1. The third-order valence-electron chi connectivity index (χ3n) is 2.33. The zero-order valence-electron chi connectivity index (χ0n) is 9.22. The van der Waals surface area contributed by atoms with Gasteiger partial charge in [-0.05, 0) is 18.6 Å². The Morgan fingerprint density at radius 2 is 2.18 bits per heavy atom. The molecule has 0 unspecified atom stereocenters. The molecular weight excluding hydrogens is 277 g/mol. The van der Waals surface area contributed by atoms with Crippen LogP contribution in [0.5, 0.6) is 0 Å². The Morgan fingerprint density at radius 3 is 2.88 bits per heavy atom. The third-order valence-corrected chi connectivity index (χ3v) is 4.22. The van der Waals surface area contributed by atoms with Crippen LogP contribution in [0.1, 0.15) is 23.0 Å². The number of halogens is 2. The Hall–Kier alpha value is -0.770. The van der Waals surface area contributed by atoms with E-state index in [2.05, 4.69) is 5.32 Å². The lowest BCUT2D eigenvalue weighted by atomic mass is 10.2. The quantitative estimate of drug-likeness (QED) is 0.894. The Bertz CT molecular complexity index is 565. The topological polar surface area (TPSA) is 29.1 Å². The first-order valence-corrected chi connectivity index (χ1v) is 6.86. The van der Waals surface area contributed by atoms with E-state index >= 15 is 0 Å². The second-order valence-electron chi connectivity index (χ2n) is 3.64. The van der Waals surface area contributed by atoms with Crippen LogP contribution in [0.3, 0.4) is 0 Å². The van der Waals surface area contributed by atoms with Gasteiger partial charge in [-0.15, -0.1) is 11.3 Å². The van der Waals surface area contributed by atoms with Crippen LogP contribution in [0.25, 0.3) is 10.1 Å². The molecule has 0 aliphatic carbocycles. The Morgan fingerprint density at radius 1 is 1.41 bits per heavy atom. The van der Waals surface area contributed by atoms with Crippen molar-refractivity contribution in [1.82, 2.24) is 5.32 Å². The molecule has 0 fully saturated rings. The molecule has 0 bridgehead atoms. The highest BCUT2D eigenvalue weighted by atomic mass is 35.5. The van der Waals surface area contributed by atoms with Crippen molar-refractivity contribution in [2.45, 2.75) is 13.3 Å². The van der Waals surface area contributed by atoms with Gasteiger partial charge in [0.1, 0.15) is 4.88 Å². The lowest BCUT2D eigenvalue weighted by molar-refractivity contribution is 0.0958. The van der Waals surface area contributed by atoms with E-state index < -0.39 is 0 Å². The fourth-order valence-corrected chi connectivity index (χ4v) is 3.21. The Labute approximate surface area is 114 Å². The van der Waals surface area contributed by atoms with Crippen molar-refractivity contribution in [2.24, 2.45) is 0 Å². The smallest absolute Gasteiger partial charge is 0.262 e. The summed E-state index contributed by atoms with van der Waals surface area (Å²) < 4.78 is 0.934. The molecule has 0 aliphatic heterocycles. The van der Waals surface area contributed by atoms with Crippen LogP contribution in [-0.4, -0.2) is 12.5 Å². The first kappa shape index (κ1) is 12.7. The molecule has 2 rings (SSSR count). The van der Waals surface area contributed by atoms with E-state index in [4.69, 9.17) is 23.2 Å². The van der Waals surface area contributed by atoms with Crippen LogP contribution in [0.4, 0.5) is 0 Å². The summed E-state index contributed by atoms with van der Waals surface area (Å²) in [5.41, 5.74) is 0. The van der Waals surface area contributed by atoms with Crippen LogP contribution in [-0.2, 0) is 0 Å². The molecule has 17 heavy (non-hydrogen) atoms. The van der Waals surface area contributed by atoms with Gasteiger partial charge in [-0.3, -0.25) is 4.79 Å². The maximum Gasteiger partial charge on any atom is 0.262 e. The molecular formula is C12H11Cl2NOS. The molecule has 1 aromatic heterocycles. The summed E-state index contributed by atoms with van der Waals surface area (Å²) >= 11 is 13.5. The molecule has 0 radical (unpaired) electrons. The number of fused-ring (bicyclic) bond motifs is 1. The number of benzene rings is 1. The van der Waals surface area contributed by atoms with Crippen molar-refractivity contribution < 1.29 is 4.79 Å². The highest BCUT2D eigenvalue weighted by molar-refractivity contribution is 7.21. The highest BCUT2D eigenvalue weighted by Crippen LogP contribution is 2.36. The lowest BCUT2D eigenvalue weighted by Gasteiger charge is -2.00. The van der Waals surface area contributed by atoms with E-state index in [1.54, 1.807) is 6.07 Å². The molecule has 1 amide bonds. The minimum Gasteiger partial charge on any atom is -0.351 e. The van der Waals surface area contributed by atoms with Gasteiger partial charge < -0.3 is 5.32 Å². The minimum atomic E-state index is -0.117. The summed E-state index contributed by atoms with van der Waals surface area (Å²) in [6.07, 6.45) is 0.903. The van der Waals surface area contributed by atoms with E-state index in [9.17, 15) is 4.79 Å². The standard InChI is InChI=1S/C12H11Cl2NOS/c1-2-5-15-12(16)11-10(14)8-4-3-7(13)6-9(8)17-11/h3-4,6H,2,5H2,1H3,(H,15,16). The summed E-state index contributed by atoms with van der Waals surface area (Å²) in [4.78, 5) is 12.4. The fourth-order valence-electron chi connectivity index (χ4n) is 1.50. The van der Waals surface area contributed by atoms with Crippen LogP contribution in [0, 0.1) is 0 Å². The maximum atomic E-state index is 11.9. The van der Waals surface area contributed by atoms with Gasteiger partial charge in [0.15, 0.2) is 0 Å². The largest absolute Gasteiger partial charge is 0.351 e. The predicted molar refractivity (Wildman–Crippen MR) is 74.5 cm³/mol. The summed E-state index contributed by atoms with van der Waals surface area (Å²) in [6, 6.07) is 5.44. The van der Waals surface area contributed by atoms with Crippen LogP contribution in [0.2, 0.25) is 10.0 Å². The molecule has 0 saturated heterocycles. The number of nitrogens with one attached hydrogen (secondary N) is 1. The molecule has 90 valence electrons. The summed E-state index contributed by atoms with van der Waals surface area (Å²) in [7, 11) is 0. The number of carbonyl (C=O) groups excluding carboxylic acids is 1. The number of hydrogen-bond donors (Lipinski definition) is 1. The van der Waals surface area contributed by atoms with Crippen molar-refractivity contribution in [1.29, 1.82) is 0 Å². The predicted octanol–water partition coefficient (Wildman–Crippen LogP) is 4.35. The van der Waals surface area contributed by atoms with Gasteiger partial charge in [-0.1, -0.05) is 36.2 Å². The average molecular weight is 288 g/mol. The first-order chi connectivity index (χ1) is 8.13. The van der Waals surface area contributed by atoms with E-state index in [0.29, 0.717) is 21.5 Å². The van der Waals surface area contributed by atoms with E-state index in [1.165, 1.54) is 11.3 Å². The third kappa shape index (κ3) is 2.57. The molecule has 1 heterocycles. The number of rotatable bonds is 3. The lowest BCUT2D eigenvalue weighted by Crippen LogP contribution is -2.23. The number of hydrogen-bond acceptors (Lipinski definition) is 2. The van der Waals surface area contributed by atoms with Gasteiger partial charge in [0.2, 0.25) is 0 Å². The van der Waals surface area contributed by atoms with Crippen molar-refractivity contribution in [2.75, 3.05) is 6.54 Å². The van der Waals surface area contributed by atoms with Crippen LogP contribution in [0.15, 0.2) is 18.2 Å². The van der Waals surface area contributed by atoms with Crippen LogP contribution < -0.4 is 5.32 Å². The summed E-state index contributed by atoms with van der Waals surface area (Å²) in [6.45, 7) is 2.66. The normalized spacial score (nSPS) is 10.8. The Kier molecular flexibility index (Phi) is 3.92. The van der Waals surface area contributed by atoms with Crippen molar-refractivity contribution >= 4 is 50.5 Å². The van der Waals surface area contributed by atoms with Crippen LogP contribution >= 0.6 is 34.5 Å². The summed E-state index contributed by atoms with van der Waals surface area (Å²) in [5, 5.41) is 4.86. The van der Waals surface area contributed by atoms with Gasteiger partial charge in [0.05, 0.1) is 5.02 Å².